The Labute approximate surface area is 177 Å². The van der Waals surface area contributed by atoms with E-state index in [1.54, 1.807) is 31.2 Å². The van der Waals surface area contributed by atoms with Gasteiger partial charge in [-0.15, -0.1) is 0 Å². The number of nitrogens with one attached hydrogen (secondary N) is 1. The molecule has 0 radical (unpaired) electrons. The van der Waals surface area contributed by atoms with E-state index in [2.05, 4.69) is 10.2 Å². The number of rotatable bonds is 7. The van der Waals surface area contributed by atoms with Gasteiger partial charge in [-0.2, -0.15) is 0 Å². The van der Waals surface area contributed by atoms with Gasteiger partial charge in [-0.3, -0.25) is 9.10 Å². The van der Waals surface area contributed by atoms with E-state index in [4.69, 9.17) is 11.6 Å². The SMILES string of the molecule is CC[C@@H](C(=O)Nc1ccc(N2CCCC2)cc1)N(c1cccc(Cl)c1)S(C)(=O)=O. The Hall–Kier alpha value is -2.25. The Morgan fingerprint density at radius 1 is 1.17 bits per heavy atom. The Bertz CT molecular complexity index is 957. The van der Waals surface area contributed by atoms with E-state index in [1.165, 1.54) is 12.8 Å². The van der Waals surface area contributed by atoms with Crippen LogP contribution in [0, 0.1) is 0 Å². The van der Waals surface area contributed by atoms with E-state index in [0.717, 1.165) is 29.3 Å². The molecule has 1 heterocycles. The molecule has 0 spiro atoms. The maximum absolute atomic E-state index is 13.0. The molecule has 1 aliphatic rings. The number of sulfonamides is 1. The lowest BCUT2D eigenvalue weighted by Crippen LogP contribution is -2.47. The molecule has 0 unspecified atom stereocenters. The number of carbonyl (C=O) groups is 1. The van der Waals surface area contributed by atoms with Crippen LogP contribution in [0.5, 0.6) is 0 Å². The number of benzene rings is 2. The van der Waals surface area contributed by atoms with Crippen LogP contribution in [0.2, 0.25) is 5.02 Å². The quantitative estimate of drug-likeness (QED) is 0.710. The van der Waals surface area contributed by atoms with Crippen molar-refractivity contribution in [3.8, 4) is 0 Å². The van der Waals surface area contributed by atoms with Gasteiger partial charge in [0, 0.05) is 29.5 Å². The number of anilines is 3. The predicted octanol–water partition coefficient (Wildman–Crippen LogP) is 4.12. The van der Waals surface area contributed by atoms with Crippen molar-refractivity contribution in [1.82, 2.24) is 0 Å². The van der Waals surface area contributed by atoms with Crippen LogP contribution in [-0.4, -0.2) is 39.7 Å². The van der Waals surface area contributed by atoms with Gasteiger partial charge in [-0.1, -0.05) is 24.6 Å². The van der Waals surface area contributed by atoms with Crippen molar-refractivity contribution in [2.24, 2.45) is 0 Å². The number of carbonyl (C=O) groups excluding carboxylic acids is 1. The van der Waals surface area contributed by atoms with Crippen LogP contribution in [-0.2, 0) is 14.8 Å². The predicted molar refractivity (Wildman–Crippen MR) is 119 cm³/mol. The summed E-state index contributed by atoms with van der Waals surface area (Å²) in [5.74, 6) is -0.383. The second-order valence-corrected chi connectivity index (χ2v) is 9.49. The lowest BCUT2D eigenvalue weighted by molar-refractivity contribution is -0.117. The number of hydrogen-bond acceptors (Lipinski definition) is 4. The molecule has 0 saturated carbocycles. The molecule has 1 fully saturated rings. The first kappa shape index (κ1) is 21.5. The van der Waals surface area contributed by atoms with Crippen LogP contribution in [0.4, 0.5) is 17.1 Å². The van der Waals surface area contributed by atoms with Crippen molar-refractivity contribution in [1.29, 1.82) is 0 Å². The first-order valence-corrected chi connectivity index (χ1v) is 11.9. The maximum Gasteiger partial charge on any atom is 0.248 e. The highest BCUT2D eigenvalue weighted by molar-refractivity contribution is 7.92. The van der Waals surface area contributed by atoms with Crippen molar-refractivity contribution in [3.05, 3.63) is 53.6 Å². The smallest absolute Gasteiger partial charge is 0.248 e. The van der Waals surface area contributed by atoms with Crippen molar-refractivity contribution in [3.63, 3.8) is 0 Å². The first-order chi connectivity index (χ1) is 13.8. The van der Waals surface area contributed by atoms with Crippen molar-refractivity contribution in [2.75, 3.05) is 33.9 Å². The molecular weight excluding hydrogens is 410 g/mol. The molecule has 1 aliphatic heterocycles. The molecule has 1 N–H and O–H groups in total. The van der Waals surface area contributed by atoms with Crippen LogP contribution < -0.4 is 14.5 Å². The van der Waals surface area contributed by atoms with Crippen LogP contribution in [0.25, 0.3) is 0 Å². The Morgan fingerprint density at radius 3 is 2.38 bits per heavy atom. The topological polar surface area (TPSA) is 69.7 Å². The summed E-state index contributed by atoms with van der Waals surface area (Å²) < 4.78 is 26.1. The van der Waals surface area contributed by atoms with Crippen LogP contribution in [0.1, 0.15) is 26.2 Å². The largest absolute Gasteiger partial charge is 0.372 e. The fraction of sp³-hybridized carbons (Fsp3) is 0.381. The van der Waals surface area contributed by atoms with Gasteiger partial charge in [0.2, 0.25) is 15.9 Å². The maximum atomic E-state index is 13.0. The van der Waals surface area contributed by atoms with E-state index < -0.39 is 16.1 Å². The number of nitrogens with zero attached hydrogens (tertiary/aromatic N) is 2. The normalized spacial score (nSPS) is 15.2. The molecule has 156 valence electrons. The van der Waals surface area contributed by atoms with Gasteiger partial charge in [-0.05, 0) is 61.7 Å². The molecule has 0 bridgehead atoms. The monoisotopic (exact) mass is 435 g/mol. The minimum Gasteiger partial charge on any atom is -0.372 e. The average molecular weight is 436 g/mol. The van der Waals surface area contributed by atoms with Crippen LogP contribution >= 0.6 is 11.6 Å². The molecule has 2 aromatic rings. The minimum atomic E-state index is -3.69. The van der Waals surface area contributed by atoms with Crippen molar-refractivity contribution in [2.45, 2.75) is 32.2 Å². The van der Waals surface area contributed by atoms with E-state index in [9.17, 15) is 13.2 Å². The zero-order valence-electron chi connectivity index (χ0n) is 16.6. The van der Waals surface area contributed by atoms with Gasteiger partial charge in [0.25, 0.3) is 0 Å². The third-order valence-electron chi connectivity index (χ3n) is 5.00. The lowest BCUT2D eigenvalue weighted by Gasteiger charge is -2.30. The summed E-state index contributed by atoms with van der Waals surface area (Å²) in [5.41, 5.74) is 2.13. The van der Waals surface area contributed by atoms with E-state index in [0.29, 0.717) is 22.8 Å². The number of amides is 1. The van der Waals surface area contributed by atoms with Gasteiger partial charge in [0.05, 0.1) is 11.9 Å². The summed E-state index contributed by atoms with van der Waals surface area (Å²) in [6.45, 7) is 3.88. The summed E-state index contributed by atoms with van der Waals surface area (Å²) in [6, 6.07) is 13.3. The van der Waals surface area contributed by atoms with Crippen LogP contribution in [0.15, 0.2) is 48.5 Å². The van der Waals surface area contributed by atoms with E-state index in [-0.39, 0.29) is 5.91 Å². The highest BCUT2D eigenvalue weighted by Gasteiger charge is 2.31. The third-order valence-corrected chi connectivity index (χ3v) is 6.41. The summed E-state index contributed by atoms with van der Waals surface area (Å²) in [5, 5.41) is 3.26. The molecular formula is C21H26ClN3O3S. The molecule has 1 saturated heterocycles. The molecule has 6 nitrogen and oxygen atoms in total. The lowest BCUT2D eigenvalue weighted by atomic mass is 10.1. The summed E-state index contributed by atoms with van der Waals surface area (Å²) in [7, 11) is -3.69. The van der Waals surface area contributed by atoms with E-state index >= 15 is 0 Å². The van der Waals surface area contributed by atoms with Gasteiger partial charge in [-0.25, -0.2) is 8.42 Å². The Kier molecular flexibility index (Phi) is 6.70. The number of halogens is 1. The Balaban J connectivity index is 1.80. The molecule has 1 atom stereocenters. The zero-order valence-corrected chi connectivity index (χ0v) is 18.2. The fourth-order valence-corrected chi connectivity index (χ4v) is 5.02. The third kappa shape index (κ3) is 5.22. The Morgan fingerprint density at radius 2 is 1.83 bits per heavy atom. The minimum absolute atomic E-state index is 0.317. The van der Waals surface area contributed by atoms with Gasteiger partial charge >= 0.3 is 0 Å². The molecule has 2 aromatic carbocycles. The van der Waals surface area contributed by atoms with Gasteiger partial charge in [0.1, 0.15) is 6.04 Å². The fourth-order valence-electron chi connectivity index (χ4n) is 3.63. The molecule has 0 aromatic heterocycles. The zero-order chi connectivity index (χ0) is 21.0. The molecule has 0 aliphatic carbocycles. The molecule has 29 heavy (non-hydrogen) atoms. The summed E-state index contributed by atoms with van der Waals surface area (Å²) in [6.07, 6.45) is 3.80. The standard InChI is InChI=1S/C21H26ClN3O3S/c1-3-20(25(29(2,27)28)19-8-6-7-16(22)15-19)21(26)23-17-9-11-18(12-10-17)24-13-4-5-14-24/h6-12,15,20H,3-5,13-14H2,1-2H3,(H,23,26)/t20-/m0/s1. The molecule has 1 amide bonds. The number of hydrogen-bond donors (Lipinski definition) is 1. The van der Waals surface area contributed by atoms with Gasteiger partial charge in [0.15, 0.2) is 0 Å². The highest BCUT2D eigenvalue weighted by atomic mass is 35.5. The average Bonchev–Trinajstić information content (AvgIpc) is 3.20. The highest BCUT2D eigenvalue weighted by Crippen LogP contribution is 2.27. The van der Waals surface area contributed by atoms with Gasteiger partial charge < -0.3 is 10.2 Å². The second kappa shape index (κ2) is 9.05. The van der Waals surface area contributed by atoms with Crippen LogP contribution in [0.3, 0.4) is 0 Å². The summed E-state index contributed by atoms with van der Waals surface area (Å²) in [4.78, 5) is 15.3. The molecule has 3 rings (SSSR count). The van der Waals surface area contributed by atoms with E-state index in [1.807, 2.05) is 24.3 Å². The second-order valence-electron chi connectivity index (χ2n) is 7.19. The van der Waals surface area contributed by atoms with Crippen molar-refractivity contribution >= 4 is 44.6 Å². The first-order valence-electron chi connectivity index (χ1n) is 9.70. The molecule has 8 heteroatoms. The summed E-state index contributed by atoms with van der Waals surface area (Å²) >= 11 is 6.04. The van der Waals surface area contributed by atoms with Crippen molar-refractivity contribution < 1.29 is 13.2 Å².